The van der Waals surface area contributed by atoms with Crippen molar-refractivity contribution in [2.24, 2.45) is 0 Å². The Kier molecular flexibility index (Phi) is 13.2. The molecule has 0 aromatic heterocycles. The smallest absolute Gasteiger partial charge is 0.116 e. The minimum absolute atomic E-state index is 0. The topological polar surface area (TPSA) is 6.48 Å². The van der Waals surface area contributed by atoms with Crippen molar-refractivity contribution >= 4 is 52.3 Å². The van der Waals surface area contributed by atoms with Crippen molar-refractivity contribution in [2.45, 2.75) is 146 Å². The average Bonchev–Trinajstić information content (AvgIpc) is 3.81. The summed E-state index contributed by atoms with van der Waals surface area (Å²) in [6, 6.07) is 30.2. The molecule has 9 rings (SSSR count). The Morgan fingerprint density at radius 2 is 1.05 bits per heavy atom. The molecular weight excluding hydrogens is 880 g/mol. The minimum atomic E-state index is -2.31. The van der Waals surface area contributed by atoms with Crippen LogP contribution in [0.15, 0.2) is 96.3 Å². The Hall–Kier alpha value is -2.54. The van der Waals surface area contributed by atoms with E-state index >= 15 is 0 Å². The zero-order chi connectivity index (χ0) is 41.1. The van der Waals surface area contributed by atoms with Gasteiger partial charge in [-0.3, -0.25) is 0 Å². The minimum Gasteiger partial charge on any atom is -0.325 e. The van der Waals surface area contributed by atoms with E-state index in [-0.39, 0.29) is 24.9 Å². The van der Waals surface area contributed by atoms with Gasteiger partial charge in [0.2, 0.25) is 0 Å². The second kappa shape index (κ2) is 17.9. The summed E-state index contributed by atoms with van der Waals surface area (Å²) in [6.07, 6.45) is 18.7. The number of anilines is 2. The van der Waals surface area contributed by atoms with Crippen molar-refractivity contribution in [2.75, 3.05) is 22.9 Å². The maximum absolute atomic E-state index is 9.36. The quantitative estimate of drug-likeness (QED) is 0.108. The van der Waals surface area contributed by atoms with E-state index in [2.05, 4.69) is 136 Å². The van der Waals surface area contributed by atoms with Gasteiger partial charge in [0.15, 0.2) is 0 Å². The van der Waals surface area contributed by atoms with Crippen LogP contribution in [0, 0.1) is 41.5 Å². The van der Waals surface area contributed by atoms with Crippen LogP contribution in [0.4, 0.5) is 11.4 Å². The van der Waals surface area contributed by atoms with Crippen LogP contribution >= 0.6 is 30.1 Å². The molecule has 60 heavy (non-hydrogen) atoms. The van der Waals surface area contributed by atoms with Crippen molar-refractivity contribution in [1.82, 2.24) is 0 Å². The Bertz CT molecular complexity index is 2230. The maximum Gasteiger partial charge on any atom is 0.116 e. The van der Waals surface area contributed by atoms with Gasteiger partial charge in [-0.15, -0.1) is 23.2 Å². The Morgan fingerprint density at radius 3 is 1.55 bits per heavy atom. The van der Waals surface area contributed by atoms with Gasteiger partial charge in [-0.25, -0.2) is 0 Å². The first-order valence-electron chi connectivity index (χ1n) is 23.0. The molecule has 2 nitrogen and oxygen atoms in total. The second-order valence-corrected chi connectivity index (χ2v) is 24.6. The number of nitrogens with zero attached hydrogens (tertiary/aromatic N) is 2. The van der Waals surface area contributed by atoms with Crippen molar-refractivity contribution in [1.29, 1.82) is 0 Å². The first kappa shape index (κ1) is 44.1. The van der Waals surface area contributed by atoms with E-state index in [0.29, 0.717) is 11.3 Å². The van der Waals surface area contributed by atoms with Crippen LogP contribution in [0.3, 0.4) is 0 Å². The molecule has 3 saturated carbocycles. The largest absolute Gasteiger partial charge is 0.325 e. The third kappa shape index (κ3) is 7.36. The first-order chi connectivity index (χ1) is 28.5. The predicted molar refractivity (Wildman–Crippen MR) is 260 cm³/mol. The van der Waals surface area contributed by atoms with E-state index in [0.717, 1.165) is 32.4 Å². The molecular formula is C54H65Cl2N2PRu. The van der Waals surface area contributed by atoms with E-state index in [1.54, 1.807) is 5.29 Å². The SMILES string of the molecule is Cc1cc(C)c(N2CCN(c3c(C)cc(C)cc3C)C2=C2C(Cl)CCCC2(Cl)P(=C2C=C(c3ccccc3)c3ccccc32)(C2CCCCC2)C2CCCCC2)c(C)c1.[Ru]. The van der Waals surface area contributed by atoms with E-state index in [9.17, 15) is 11.6 Å². The molecule has 318 valence electrons. The molecule has 0 amide bonds. The van der Waals surface area contributed by atoms with Crippen molar-refractivity contribution in [3.8, 4) is 0 Å². The van der Waals surface area contributed by atoms with Crippen LogP contribution in [0.5, 0.6) is 0 Å². The van der Waals surface area contributed by atoms with E-state index in [1.165, 1.54) is 143 Å². The molecule has 0 bridgehead atoms. The van der Waals surface area contributed by atoms with Crippen molar-refractivity contribution < 1.29 is 19.5 Å². The number of allylic oxidation sites excluding steroid dienone is 2. The number of hydrogen-bond donors (Lipinski definition) is 0. The van der Waals surface area contributed by atoms with Crippen molar-refractivity contribution in [3.63, 3.8) is 0 Å². The van der Waals surface area contributed by atoms with Crippen LogP contribution in [-0.2, 0) is 19.5 Å². The summed E-state index contributed by atoms with van der Waals surface area (Å²) in [5.74, 6) is 1.29. The summed E-state index contributed by atoms with van der Waals surface area (Å²) in [6.45, 7) is 13.2. The van der Waals surface area contributed by atoms with E-state index < -0.39 is 11.5 Å². The molecule has 2 atom stereocenters. The van der Waals surface area contributed by atoms with E-state index in [1.807, 2.05) is 0 Å². The molecule has 1 saturated heterocycles. The average molecular weight is 945 g/mol. The molecule has 1 heterocycles. The number of halogens is 2. The first-order valence-corrected chi connectivity index (χ1v) is 25.7. The van der Waals surface area contributed by atoms with Crippen LogP contribution in [0.25, 0.3) is 5.57 Å². The molecule has 1 aliphatic heterocycles. The van der Waals surface area contributed by atoms with Crippen molar-refractivity contribution in [3.05, 3.63) is 146 Å². The fourth-order valence-corrected chi connectivity index (χ4v) is 22.5. The van der Waals surface area contributed by atoms with Gasteiger partial charge in [-0.1, -0.05) is 135 Å². The van der Waals surface area contributed by atoms with E-state index in [4.69, 9.17) is 11.6 Å². The van der Waals surface area contributed by atoms with Gasteiger partial charge in [-0.2, -0.15) is 0 Å². The molecule has 0 N–H and O–H groups in total. The summed E-state index contributed by atoms with van der Waals surface area (Å²) < 4.78 is -0.595. The fourth-order valence-electron chi connectivity index (χ4n) is 13.0. The Labute approximate surface area is 384 Å². The zero-order valence-corrected chi connectivity index (χ0v) is 41.0. The normalized spacial score (nSPS) is 22.9. The summed E-state index contributed by atoms with van der Waals surface area (Å²) in [5.41, 5.74) is 18.6. The molecule has 5 aliphatic rings. The zero-order valence-electron chi connectivity index (χ0n) is 36.9. The third-order valence-corrected chi connectivity index (χ3v) is 22.8. The summed E-state index contributed by atoms with van der Waals surface area (Å²) >= 11 is 17.5. The maximum atomic E-state index is 9.36. The van der Waals surface area contributed by atoms with Gasteiger partial charge in [0.25, 0.3) is 0 Å². The van der Waals surface area contributed by atoms with Gasteiger partial charge in [0.1, 0.15) is 5.82 Å². The number of alkyl halides is 2. The molecule has 4 fully saturated rings. The second-order valence-electron chi connectivity index (χ2n) is 18.9. The standard InChI is InChI=1S/C54H65Cl2N2P.Ru/c1-36-31-38(3)51(39(4)32-36)57-29-30-58(52-40(5)33-37(2)34-41(52)6)53(57)50-48(55)27-18-28-54(50,56)59(43-21-12-8-13-22-43,44-23-14-9-15-24-44)49-35-47(42-19-10-7-11-20-42)45-25-16-17-26-46(45)49;/h7,10-11,16-17,19-20,25-26,31-35,43-44,48H,8-9,12-15,18,21-24,27-30H2,1-6H3;. The summed E-state index contributed by atoms with van der Waals surface area (Å²) in [5, 5.41) is 1.46. The molecule has 4 aromatic carbocycles. The monoisotopic (exact) mass is 944 g/mol. The van der Waals surface area contributed by atoms with Crippen LogP contribution in [0.1, 0.15) is 134 Å². The Balaban J connectivity index is 0.00000499. The molecule has 4 aromatic rings. The number of fused-ring (bicyclic) bond motifs is 1. The van der Waals surface area contributed by atoms with Crippen LogP contribution in [-0.4, -0.2) is 39.7 Å². The molecule has 6 heteroatoms. The molecule has 4 aliphatic carbocycles. The van der Waals surface area contributed by atoms with Crippen LogP contribution < -0.4 is 9.80 Å². The van der Waals surface area contributed by atoms with Gasteiger partial charge >= 0.3 is 0 Å². The third-order valence-electron chi connectivity index (χ3n) is 14.9. The Morgan fingerprint density at radius 1 is 0.583 bits per heavy atom. The number of rotatable bonds is 6. The number of benzene rings is 4. The molecule has 0 radical (unpaired) electrons. The fraction of sp³-hybridized carbons (Fsp3) is 0.463. The van der Waals surface area contributed by atoms with Gasteiger partial charge in [-0.05, 0) is 154 Å². The number of hydrogen-bond acceptors (Lipinski definition) is 2. The summed E-state index contributed by atoms with van der Waals surface area (Å²) in [7, 11) is 0. The summed E-state index contributed by atoms with van der Waals surface area (Å²) in [4.78, 5) is 5.40. The van der Waals surface area contributed by atoms with Gasteiger partial charge in [0.05, 0.1) is 9.99 Å². The molecule has 2 unspecified atom stereocenters. The number of aryl methyl sites for hydroxylation is 6. The van der Waals surface area contributed by atoms with Crippen LogP contribution in [0.2, 0.25) is 0 Å². The molecule has 0 spiro atoms. The van der Waals surface area contributed by atoms with Gasteiger partial charge < -0.3 is 9.80 Å². The predicted octanol–water partition coefficient (Wildman–Crippen LogP) is 15.1. The van der Waals surface area contributed by atoms with Gasteiger partial charge in [0, 0.05) is 49.5 Å².